The predicted molar refractivity (Wildman–Crippen MR) is 82.0 cm³/mol. The molecule has 20 heavy (non-hydrogen) atoms. The smallest absolute Gasteiger partial charge is 0.203 e. The van der Waals surface area contributed by atoms with Crippen molar-refractivity contribution in [1.29, 1.82) is 0 Å². The van der Waals surface area contributed by atoms with Gasteiger partial charge in [0.1, 0.15) is 0 Å². The number of nitrogens with zero attached hydrogens (tertiary/aromatic N) is 3. The van der Waals surface area contributed by atoms with Crippen LogP contribution in [0.3, 0.4) is 0 Å². The molecule has 0 aromatic carbocycles. The van der Waals surface area contributed by atoms with Gasteiger partial charge in [-0.2, -0.15) is 0 Å². The molecule has 1 N–H and O–H groups in total. The zero-order valence-electron chi connectivity index (χ0n) is 13.0. The first-order valence-corrected chi connectivity index (χ1v) is 7.68. The standard InChI is InChI=1S/C15H28N4O/c1-13(10-18-7-4-5-8-18)11-19-9-6-16-15(19)17-14(2)12-20-3/h6,9,13-14H,4-5,7-8,10-12H2,1-3H3,(H,16,17). The van der Waals surface area contributed by atoms with Crippen molar-refractivity contribution in [2.75, 3.05) is 38.7 Å². The summed E-state index contributed by atoms with van der Waals surface area (Å²) in [5.74, 6) is 1.59. The van der Waals surface area contributed by atoms with E-state index in [1.54, 1.807) is 7.11 Å². The fourth-order valence-corrected chi connectivity index (χ4v) is 2.91. The van der Waals surface area contributed by atoms with Crippen LogP contribution in [0.1, 0.15) is 26.7 Å². The maximum atomic E-state index is 5.16. The van der Waals surface area contributed by atoms with Crippen molar-refractivity contribution < 1.29 is 4.74 Å². The van der Waals surface area contributed by atoms with E-state index < -0.39 is 0 Å². The van der Waals surface area contributed by atoms with Crippen LogP contribution in [0.15, 0.2) is 12.4 Å². The van der Waals surface area contributed by atoms with Crippen molar-refractivity contribution in [1.82, 2.24) is 14.5 Å². The molecule has 2 rings (SSSR count). The SMILES string of the molecule is COCC(C)Nc1nccn1CC(C)CN1CCCC1. The van der Waals surface area contributed by atoms with E-state index in [1.165, 1.54) is 32.5 Å². The highest BCUT2D eigenvalue weighted by atomic mass is 16.5. The molecule has 114 valence electrons. The molecule has 1 aromatic rings. The van der Waals surface area contributed by atoms with E-state index in [0.717, 1.165) is 12.5 Å². The third kappa shape index (κ3) is 4.49. The summed E-state index contributed by atoms with van der Waals surface area (Å²) in [5.41, 5.74) is 0. The van der Waals surface area contributed by atoms with Gasteiger partial charge < -0.3 is 19.5 Å². The number of hydrogen-bond donors (Lipinski definition) is 1. The monoisotopic (exact) mass is 280 g/mol. The minimum Gasteiger partial charge on any atom is -0.383 e. The Morgan fingerprint density at radius 1 is 1.30 bits per heavy atom. The maximum absolute atomic E-state index is 5.16. The molecule has 0 amide bonds. The number of ether oxygens (including phenoxy) is 1. The fourth-order valence-electron chi connectivity index (χ4n) is 2.91. The molecule has 1 saturated heterocycles. The lowest BCUT2D eigenvalue weighted by atomic mass is 10.1. The number of nitrogens with one attached hydrogen (secondary N) is 1. The van der Waals surface area contributed by atoms with Crippen LogP contribution in [-0.4, -0.2) is 53.8 Å². The Morgan fingerprint density at radius 3 is 2.75 bits per heavy atom. The molecule has 1 aliphatic rings. The first-order valence-electron chi connectivity index (χ1n) is 7.68. The van der Waals surface area contributed by atoms with Crippen LogP contribution in [0, 0.1) is 5.92 Å². The molecule has 2 unspecified atom stereocenters. The molecule has 1 aromatic heterocycles. The second-order valence-corrected chi connectivity index (χ2v) is 6.02. The lowest BCUT2D eigenvalue weighted by Gasteiger charge is -2.22. The Kier molecular flexibility index (Phi) is 5.86. The van der Waals surface area contributed by atoms with Crippen LogP contribution in [0.2, 0.25) is 0 Å². The molecule has 0 radical (unpaired) electrons. The summed E-state index contributed by atoms with van der Waals surface area (Å²) in [6.07, 6.45) is 6.64. The van der Waals surface area contributed by atoms with Gasteiger partial charge in [-0.3, -0.25) is 0 Å². The van der Waals surface area contributed by atoms with Gasteiger partial charge in [0.05, 0.1) is 6.61 Å². The summed E-state index contributed by atoms with van der Waals surface area (Å²) in [4.78, 5) is 6.98. The summed E-state index contributed by atoms with van der Waals surface area (Å²) < 4.78 is 7.37. The van der Waals surface area contributed by atoms with Crippen LogP contribution in [0.4, 0.5) is 5.95 Å². The first kappa shape index (κ1) is 15.3. The van der Waals surface area contributed by atoms with Gasteiger partial charge in [-0.15, -0.1) is 0 Å². The zero-order chi connectivity index (χ0) is 14.4. The van der Waals surface area contributed by atoms with Gasteiger partial charge in [-0.25, -0.2) is 4.98 Å². The molecule has 5 heteroatoms. The second kappa shape index (κ2) is 7.64. The van der Waals surface area contributed by atoms with Gasteiger partial charge in [-0.1, -0.05) is 6.92 Å². The van der Waals surface area contributed by atoms with Crippen molar-refractivity contribution in [3.8, 4) is 0 Å². The Bertz CT molecular complexity index is 387. The number of aromatic nitrogens is 2. The number of methoxy groups -OCH3 is 1. The van der Waals surface area contributed by atoms with Crippen molar-refractivity contribution in [3.63, 3.8) is 0 Å². The van der Waals surface area contributed by atoms with E-state index in [9.17, 15) is 0 Å². The maximum Gasteiger partial charge on any atom is 0.203 e. The Hall–Kier alpha value is -1.07. The Morgan fingerprint density at radius 2 is 2.05 bits per heavy atom. The topological polar surface area (TPSA) is 42.3 Å². The fraction of sp³-hybridized carbons (Fsp3) is 0.800. The number of hydrogen-bond acceptors (Lipinski definition) is 4. The summed E-state index contributed by atoms with van der Waals surface area (Å²) in [6, 6.07) is 0.273. The van der Waals surface area contributed by atoms with Crippen LogP contribution < -0.4 is 5.32 Å². The highest BCUT2D eigenvalue weighted by molar-refractivity contribution is 5.27. The third-order valence-corrected chi connectivity index (χ3v) is 3.78. The van der Waals surface area contributed by atoms with Crippen molar-refractivity contribution in [2.24, 2.45) is 5.92 Å². The molecule has 2 atom stereocenters. The van der Waals surface area contributed by atoms with Crippen molar-refractivity contribution in [2.45, 2.75) is 39.3 Å². The van der Waals surface area contributed by atoms with Gasteiger partial charge in [0, 0.05) is 38.6 Å². The quantitative estimate of drug-likeness (QED) is 0.791. The molecule has 1 aliphatic heterocycles. The average molecular weight is 280 g/mol. The van der Waals surface area contributed by atoms with E-state index in [4.69, 9.17) is 4.74 Å². The van der Waals surface area contributed by atoms with Crippen molar-refractivity contribution in [3.05, 3.63) is 12.4 Å². The van der Waals surface area contributed by atoms with Crippen LogP contribution in [0.25, 0.3) is 0 Å². The van der Waals surface area contributed by atoms with Gasteiger partial charge in [-0.05, 0) is 38.8 Å². The molecule has 0 spiro atoms. The predicted octanol–water partition coefficient (Wildman–Crippen LogP) is 2.06. The van der Waals surface area contributed by atoms with E-state index in [0.29, 0.717) is 12.5 Å². The third-order valence-electron chi connectivity index (χ3n) is 3.78. The minimum atomic E-state index is 0.273. The highest BCUT2D eigenvalue weighted by Gasteiger charge is 2.16. The number of anilines is 1. The number of rotatable bonds is 8. The summed E-state index contributed by atoms with van der Waals surface area (Å²) >= 11 is 0. The summed E-state index contributed by atoms with van der Waals surface area (Å²) in [6.45, 7) is 9.85. The van der Waals surface area contributed by atoms with Gasteiger partial charge in [0.2, 0.25) is 5.95 Å². The lowest BCUT2D eigenvalue weighted by Crippen LogP contribution is -2.28. The zero-order valence-corrected chi connectivity index (χ0v) is 13.0. The molecular formula is C15H28N4O. The molecule has 0 saturated carbocycles. The normalized spacial score (nSPS) is 19.1. The average Bonchev–Trinajstić information content (AvgIpc) is 3.02. The molecule has 0 aliphatic carbocycles. The summed E-state index contributed by atoms with van der Waals surface area (Å²) in [7, 11) is 1.72. The first-order chi connectivity index (χ1) is 9.69. The number of likely N-dealkylation sites (tertiary alicyclic amines) is 1. The van der Waals surface area contributed by atoms with E-state index in [-0.39, 0.29) is 6.04 Å². The van der Waals surface area contributed by atoms with Gasteiger partial charge >= 0.3 is 0 Å². The second-order valence-electron chi connectivity index (χ2n) is 6.02. The highest BCUT2D eigenvalue weighted by Crippen LogP contribution is 2.14. The van der Waals surface area contributed by atoms with Crippen LogP contribution in [0.5, 0.6) is 0 Å². The number of imidazole rings is 1. The lowest BCUT2D eigenvalue weighted by molar-refractivity contribution is 0.190. The Balaban J connectivity index is 1.84. The van der Waals surface area contributed by atoms with E-state index in [2.05, 4.69) is 39.8 Å². The molecular weight excluding hydrogens is 252 g/mol. The van der Waals surface area contributed by atoms with Gasteiger partial charge in [0.15, 0.2) is 0 Å². The molecule has 1 fully saturated rings. The van der Waals surface area contributed by atoms with Gasteiger partial charge in [0.25, 0.3) is 0 Å². The molecule has 2 heterocycles. The molecule has 0 bridgehead atoms. The summed E-state index contributed by atoms with van der Waals surface area (Å²) in [5, 5.41) is 3.40. The van der Waals surface area contributed by atoms with E-state index in [1.807, 2.05) is 6.20 Å². The Labute approximate surface area is 122 Å². The molecule has 5 nitrogen and oxygen atoms in total. The van der Waals surface area contributed by atoms with Crippen LogP contribution in [-0.2, 0) is 11.3 Å². The minimum absolute atomic E-state index is 0.273. The van der Waals surface area contributed by atoms with E-state index >= 15 is 0 Å². The van der Waals surface area contributed by atoms with Crippen molar-refractivity contribution >= 4 is 5.95 Å². The van der Waals surface area contributed by atoms with Crippen LogP contribution >= 0.6 is 0 Å². The largest absolute Gasteiger partial charge is 0.383 e.